The molecule has 0 saturated heterocycles. The van der Waals surface area contributed by atoms with Crippen LogP contribution in [0.15, 0.2) is 12.1 Å². The molecule has 0 aromatic heterocycles. The van der Waals surface area contributed by atoms with Gasteiger partial charge in [-0.25, -0.2) is 0 Å². The summed E-state index contributed by atoms with van der Waals surface area (Å²) in [4.78, 5) is 0. The monoisotopic (exact) mass is 297 g/mol. The Balaban J connectivity index is 2.04. The topological polar surface area (TPSA) is 47.6 Å². The van der Waals surface area contributed by atoms with E-state index in [0.29, 0.717) is 6.54 Å². The molecule has 112 valence electrons. The fourth-order valence-electron chi connectivity index (χ4n) is 2.34. The van der Waals surface area contributed by atoms with Gasteiger partial charge in [-0.15, -0.1) is 0 Å². The third-order valence-corrected chi connectivity index (χ3v) is 4.91. The molecule has 1 heterocycles. The molecule has 0 radical (unpaired) electrons. The van der Waals surface area contributed by atoms with Crippen molar-refractivity contribution < 1.29 is 13.7 Å². The van der Waals surface area contributed by atoms with Crippen molar-refractivity contribution in [3.8, 4) is 11.5 Å². The summed E-state index contributed by atoms with van der Waals surface area (Å²) in [6, 6.07) is 4.12. The number of ether oxygens (including phenoxy) is 2. The van der Waals surface area contributed by atoms with E-state index in [-0.39, 0.29) is 11.4 Å². The molecule has 0 bridgehead atoms. The molecule has 1 aromatic rings. The van der Waals surface area contributed by atoms with Crippen LogP contribution in [0, 0.1) is 0 Å². The maximum atomic E-state index is 11.3. The van der Waals surface area contributed by atoms with Gasteiger partial charge in [0.25, 0.3) is 0 Å². The molecule has 0 fully saturated rings. The average molecular weight is 297 g/mol. The summed E-state index contributed by atoms with van der Waals surface area (Å²) >= 11 is 0. The van der Waals surface area contributed by atoms with Crippen molar-refractivity contribution in [2.75, 3.05) is 19.9 Å². The molecule has 1 aromatic carbocycles. The second-order valence-corrected chi connectivity index (χ2v) is 7.15. The Morgan fingerprint density at radius 3 is 2.95 bits per heavy atom. The predicted molar refractivity (Wildman–Crippen MR) is 82.0 cm³/mol. The smallest absolute Gasteiger partial charge is 0.123 e. The summed E-state index contributed by atoms with van der Waals surface area (Å²) in [5.74, 6) is 1.85. The number of hydrogen-bond acceptors (Lipinski definition) is 4. The quantitative estimate of drug-likeness (QED) is 0.871. The zero-order chi connectivity index (χ0) is 14.7. The summed E-state index contributed by atoms with van der Waals surface area (Å²) in [7, 11) is 0.890. The predicted octanol–water partition coefficient (Wildman–Crippen LogP) is 1.88. The first-order chi connectivity index (χ1) is 9.51. The molecular weight excluding hydrogens is 274 g/mol. The van der Waals surface area contributed by atoms with Gasteiger partial charge in [0.2, 0.25) is 0 Å². The lowest BCUT2D eigenvalue weighted by molar-refractivity contribution is 0.254. The van der Waals surface area contributed by atoms with Crippen LogP contribution in [0.3, 0.4) is 0 Å². The van der Waals surface area contributed by atoms with Crippen molar-refractivity contribution in [1.82, 2.24) is 5.32 Å². The Bertz CT molecular complexity index is 504. The van der Waals surface area contributed by atoms with E-state index >= 15 is 0 Å². The van der Waals surface area contributed by atoms with Gasteiger partial charge < -0.3 is 14.8 Å². The lowest BCUT2D eigenvalue weighted by Crippen LogP contribution is -2.27. The van der Waals surface area contributed by atoms with Crippen LogP contribution in [-0.2, 0) is 23.8 Å². The Morgan fingerprint density at radius 2 is 2.30 bits per heavy atom. The lowest BCUT2D eigenvalue weighted by atomic mass is 10.1. The Hall–Kier alpha value is -1.07. The normalized spacial score (nSPS) is 20.1. The molecule has 1 aliphatic heterocycles. The van der Waals surface area contributed by atoms with E-state index in [1.165, 1.54) is 5.56 Å². The Morgan fingerprint density at radius 1 is 1.55 bits per heavy atom. The number of benzene rings is 1. The minimum atomic E-state index is -0.798. The molecule has 3 unspecified atom stereocenters. The van der Waals surface area contributed by atoms with E-state index < -0.39 is 10.8 Å². The number of fused-ring (bicyclic) bond motifs is 1. The van der Waals surface area contributed by atoms with Crippen LogP contribution in [0.25, 0.3) is 0 Å². The fourth-order valence-corrected chi connectivity index (χ4v) is 2.69. The SMILES string of the molecule is COc1cc2c(cc1CNCC(C)S(C)=O)OC(C)C2. The second-order valence-electron chi connectivity index (χ2n) is 5.34. The Kier molecular flexibility index (Phi) is 5.05. The molecule has 1 N–H and O–H groups in total. The third-order valence-electron chi connectivity index (χ3n) is 3.61. The maximum absolute atomic E-state index is 11.3. The molecule has 5 heteroatoms. The summed E-state index contributed by atoms with van der Waals surface area (Å²) in [6.45, 7) is 5.47. The van der Waals surface area contributed by atoms with Crippen molar-refractivity contribution in [2.24, 2.45) is 0 Å². The minimum absolute atomic E-state index is 0.145. The number of hydrogen-bond donors (Lipinski definition) is 1. The van der Waals surface area contributed by atoms with E-state index in [2.05, 4.69) is 24.4 Å². The highest BCUT2D eigenvalue weighted by Crippen LogP contribution is 2.34. The maximum Gasteiger partial charge on any atom is 0.123 e. The van der Waals surface area contributed by atoms with E-state index in [1.807, 2.05) is 6.92 Å². The summed E-state index contributed by atoms with van der Waals surface area (Å²) in [6.07, 6.45) is 2.91. The molecule has 2 rings (SSSR count). The minimum Gasteiger partial charge on any atom is -0.496 e. The number of nitrogens with one attached hydrogen (secondary N) is 1. The molecule has 0 saturated carbocycles. The Labute approximate surface area is 123 Å². The average Bonchev–Trinajstić information content (AvgIpc) is 2.76. The van der Waals surface area contributed by atoms with Gasteiger partial charge in [-0.3, -0.25) is 4.21 Å². The number of rotatable bonds is 6. The third kappa shape index (κ3) is 3.52. The molecule has 3 atom stereocenters. The molecule has 20 heavy (non-hydrogen) atoms. The highest BCUT2D eigenvalue weighted by molar-refractivity contribution is 7.84. The summed E-state index contributed by atoms with van der Waals surface area (Å²) < 4.78 is 22.6. The van der Waals surface area contributed by atoms with E-state index in [4.69, 9.17) is 9.47 Å². The fraction of sp³-hybridized carbons (Fsp3) is 0.600. The van der Waals surface area contributed by atoms with Gasteiger partial charge in [0.15, 0.2) is 0 Å². The lowest BCUT2D eigenvalue weighted by Gasteiger charge is -2.13. The van der Waals surface area contributed by atoms with Gasteiger partial charge in [-0.2, -0.15) is 0 Å². The molecular formula is C15H23NO3S. The van der Waals surface area contributed by atoms with Crippen molar-refractivity contribution in [3.63, 3.8) is 0 Å². The van der Waals surface area contributed by atoms with Gasteiger partial charge in [0, 0.05) is 52.9 Å². The van der Waals surface area contributed by atoms with Gasteiger partial charge in [0.05, 0.1) is 7.11 Å². The van der Waals surface area contributed by atoms with Crippen LogP contribution in [0.1, 0.15) is 25.0 Å². The second kappa shape index (κ2) is 6.59. The first kappa shape index (κ1) is 15.3. The zero-order valence-corrected chi connectivity index (χ0v) is 13.4. The van der Waals surface area contributed by atoms with Crippen molar-refractivity contribution in [1.29, 1.82) is 0 Å². The van der Waals surface area contributed by atoms with E-state index in [0.717, 1.165) is 30.0 Å². The molecule has 4 nitrogen and oxygen atoms in total. The van der Waals surface area contributed by atoms with Crippen LogP contribution in [0.5, 0.6) is 11.5 Å². The van der Waals surface area contributed by atoms with Gasteiger partial charge in [-0.1, -0.05) is 0 Å². The van der Waals surface area contributed by atoms with Gasteiger partial charge in [0.1, 0.15) is 17.6 Å². The first-order valence-electron chi connectivity index (χ1n) is 6.90. The molecule has 0 amide bonds. The highest BCUT2D eigenvalue weighted by atomic mass is 32.2. The zero-order valence-electron chi connectivity index (χ0n) is 12.6. The van der Waals surface area contributed by atoms with Gasteiger partial charge in [-0.05, 0) is 26.0 Å². The highest BCUT2D eigenvalue weighted by Gasteiger charge is 2.21. The van der Waals surface area contributed by atoms with Crippen LogP contribution in [0.4, 0.5) is 0 Å². The van der Waals surface area contributed by atoms with Gasteiger partial charge >= 0.3 is 0 Å². The molecule has 1 aliphatic rings. The molecule has 0 spiro atoms. The van der Waals surface area contributed by atoms with E-state index in [9.17, 15) is 4.21 Å². The van der Waals surface area contributed by atoms with Crippen LogP contribution < -0.4 is 14.8 Å². The van der Waals surface area contributed by atoms with Crippen molar-refractivity contribution in [2.45, 2.75) is 38.2 Å². The number of methoxy groups -OCH3 is 1. The van der Waals surface area contributed by atoms with E-state index in [1.54, 1.807) is 13.4 Å². The standard InChI is InChI=1S/C15H23NO3S/c1-10-5-12-6-14(18-3)13(7-15(12)19-10)9-16-8-11(2)20(4)17/h6-7,10-11,16H,5,8-9H2,1-4H3. The van der Waals surface area contributed by atoms with Crippen molar-refractivity contribution in [3.05, 3.63) is 23.3 Å². The largest absolute Gasteiger partial charge is 0.496 e. The first-order valence-corrected chi connectivity index (χ1v) is 8.52. The molecule has 0 aliphatic carbocycles. The summed E-state index contributed by atoms with van der Waals surface area (Å²) in [5.41, 5.74) is 2.29. The van der Waals surface area contributed by atoms with Crippen molar-refractivity contribution >= 4 is 10.8 Å². The van der Waals surface area contributed by atoms with Crippen LogP contribution in [-0.4, -0.2) is 35.5 Å². The van der Waals surface area contributed by atoms with Crippen LogP contribution >= 0.6 is 0 Å². The van der Waals surface area contributed by atoms with Crippen LogP contribution in [0.2, 0.25) is 0 Å². The summed E-state index contributed by atoms with van der Waals surface area (Å²) in [5, 5.41) is 3.48.